The SMILES string of the molecule is COc1cc(C(OC)OC)cc(OC)c1OC(C)=C(F)F. The summed E-state index contributed by atoms with van der Waals surface area (Å²) in [5.74, 6) is -0.0255. The van der Waals surface area contributed by atoms with Gasteiger partial charge in [-0.2, -0.15) is 8.78 Å². The van der Waals surface area contributed by atoms with Crippen LogP contribution in [0.4, 0.5) is 8.78 Å². The minimum atomic E-state index is -1.92. The van der Waals surface area contributed by atoms with Gasteiger partial charge in [-0.25, -0.2) is 0 Å². The molecule has 21 heavy (non-hydrogen) atoms. The molecule has 0 aliphatic carbocycles. The van der Waals surface area contributed by atoms with Crippen molar-refractivity contribution in [3.63, 3.8) is 0 Å². The Bertz CT molecular complexity index is 483. The Balaban J connectivity index is 3.34. The first kappa shape index (κ1) is 17.2. The molecule has 0 aromatic heterocycles. The lowest BCUT2D eigenvalue weighted by Gasteiger charge is -2.19. The molecule has 0 atom stereocenters. The van der Waals surface area contributed by atoms with Gasteiger partial charge in [-0.15, -0.1) is 0 Å². The monoisotopic (exact) mass is 304 g/mol. The Morgan fingerprint density at radius 3 is 1.76 bits per heavy atom. The Morgan fingerprint density at radius 2 is 1.43 bits per heavy atom. The molecule has 118 valence electrons. The smallest absolute Gasteiger partial charge is 0.307 e. The van der Waals surface area contributed by atoms with E-state index in [4.69, 9.17) is 23.7 Å². The minimum Gasteiger partial charge on any atom is -0.493 e. The lowest BCUT2D eigenvalue weighted by atomic mass is 10.1. The Morgan fingerprint density at radius 1 is 0.952 bits per heavy atom. The molecule has 0 aliphatic rings. The average Bonchev–Trinajstić information content (AvgIpc) is 2.48. The molecule has 1 rings (SSSR count). The zero-order chi connectivity index (χ0) is 16.0. The second-order valence-electron chi connectivity index (χ2n) is 3.98. The first-order valence-corrected chi connectivity index (χ1v) is 5.99. The zero-order valence-electron chi connectivity index (χ0n) is 12.5. The van der Waals surface area contributed by atoms with Gasteiger partial charge in [-0.05, 0) is 19.1 Å². The number of allylic oxidation sites excluding steroid dienone is 1. The summed E-state index contributed by atoms with van der Waals surface area (Å²) in [6, 6.07) is 3.14. The van der Waals surface area contributed by atoms with Gasteiger partial charge in [0.15, 0.2) is 23.5 Å². The van der Waals surface area contributed by atoms with E-state index in [0.29, 0.717) is 5.56 Å². The van der Waals surface area contributed by atoms with Gasteiger partial charge in [0.2, 0.25) is 5.75 Å². The van der Waals surface area contributed by atoms with E-state index in [9.17, 15) is 8.78 Å². The number of rotatable bonds is 7. The molecule has 1 aromatic rings. The van der Waals surface area contributed by atoms with E-state index < -0.39 is 18.1 Å². The van der Waals surface area contributed by atoms with Crippen molar-refractivity contribution in [2.24, 2.45) is 0 Å². The summed E-state index contributed by atoms with van der Waals surface area (Å²) in [4.78, 5) is 0. The molecule has 5 nitrogen and oxygen atoms in total. The van der Waals surface area contributed by atoms with Crippen LogP contribution >= 0.6 is 0 Å². The number of benzene rings is 1. The van der Waals surface area contributed by atoms with Gasteiger partial charge in [-0.1, -0.05) is 0 Å². The van der Waals surface area contributed by atoms with Crippen LogP contribution < -0.4 is 14.2 Å². The zero-order valence-corrected chi connectivity index (χ0v) is 12.5. The molecule has 7 heteroatoms. The van der Waals surface area contributed by atoms with E-state index in [1.165, 1.54) is 28.4 Å². The van der Waals surface area contributed by atoms with E-state index in [2.05, 4.69) is 0 Å². The normalized spacial score (nSPS) is 10.5. The van der Waals surface area contributed by atoms with Crippen molar-refractivity contribution in [3.05, 3.63) is 29.5 Å². The lowest BCUT2D eigenvalue weighted by Crippen LogP contribution is -2.06. The molecule has 0 saturated heterocycles. The molecule has 0 radical (unpaired) electrons. The Hall–Kier alpha value is -1.86. The van der Waals surface area contributed by atoms with E-state index >= 15 is 0 Å². The third-order valence-corrected chi connectivity index (χ3v) is 2.70. The highest BCUT2D eigenvalue weighted by Gasteiger charge is 2.20. The second-order valence-corrected chi connectivity index (χ2v) is 3.98. The summed E-state index contributed by atoms with van der Waals surface area (Å²) >= 11 is 0. The fraction of sp³-hybridized carbons (Fsp3) is 0.429. The van der Waals surface area contributed by atoms with Gasteiger partial charge >= 0.3 is 6.08 Å². The summed E-state index contributed by atoms with van der Waals surface area (Å²) < 4.78 is 50.8. The van der Waals surface area contributed by atoms with Crippen molar-refractivity contribution in [1.82, 2.24) is 0 Å². The fourth-order valence-electron chi connectivity index (χ4n) is 1.70. The molecule has 0 spiro atoms. The van der Waals surface area contributed by atoms with E-state index in [-0.39, 0.29) is 17.2 Å². The van der Waals surface area contributed by atoms with Crippen molar-refractivity contribution < 1.29 is 32.5 Å². The second kappa shape index (κ2) is 7.80. The first-order valence-electron chi connectivity index (χ1n) is 5.99. The molecule has 0 fully saturated rings. The molecular weight excluding hydrogens is 286 g/mol. The fourth-order valence-corrected chi connectivity index (χ4v) is 1.70. The molecule has 0 unspecified atom stereocenters. The van der Waals surface area contributed by atoms with Crippen LogP contribution in [0.3, 0.4) is 0 Å². The molecular formula is C14H18F2O5. The van der Waals surface area contributed by atoms with Gasteiger partial charge in [0.05, 0.1) is 14.2 Å². The number of methoxy groups -OCH3 is 4. The van der Waals surface area contributed by atoms with E-state index in [1.807, 2.05) is 0 Å². The van der Waals surface area contributed by atoms with Crippen LogP contribution in [0.2, 0.25) is 0 Å². The molecule has 0 aliphatic heterocycles. The average molecular weight is 304 g/mol. The summed E-state index contributed by atoms with van der Waals surface area (Å²) in [5.41, 5.74) is 0.600. The minimum absolute atomic E-state index is 0.0556. The standard InChI is InChI=1S/C14H18F2O5/c1-8(13(15)16)21-12-10(17-2)6-9(7-11(12)18-3)14(19-4)20-5/h6-7,14H,1-5H3. The van der Waals surface area contributed by atoms with Crippen LogP contribution in [0, 0.1) is 0 Å². The van der Waals surface area contributed by atoms with Gasteiger partial charge in [0.25, 0.3) is 0 Å². The van der Waals surface area contributed by atoms with Crippen LogP contribution in [0.5, 0.6) is 17.2 Å². The number of halogens is 2. The highest BCUT2D eigenvalue weighted by molar-refractivity contribution is 5.54. The summed E-state index contributed by atoms with van der Waals surface area (Å²) in [5, 5.41) is 0. The number of ether oxygens (including phenoxy) is 5. The molecule has 1 aromatic carbocycles. The maximum atomic E-state index is 12.5. The molecule has 0 saturated carbocycles. The lowest BCUT2D eigenvalue weighted by molar-refractivity contribution is -0.106. The van der Waals surface area contributed by atoms with Crippen molar-refractivity contribution in [2.45, 2.75) is 13.2 Å². The maximum absolute atomic E-state index is 12.5. The van der Waals surface area contributed by atoms with E-state index in [1.54, 1.807) is 12.1 Å². The van der Waals surface area contributed by atoms with Gasteiger partial charge in [0.1, 0.15) is 0 Å². The van der Waals surface area contributed by atoms with Gasteiger partial charge < -0.3 is 23.7 Å². The Labute approximate surface area is 122 Å². The Kier molecular flexibility index (Phi) is 6.39. The quantitative estimate of drug-likeness (QED) is 0.570. The third-order valence-electron chi connectivity index (χ3n) is 2.70. The van der Waals surface area contributed by atoms with Crippen molar-refractivity contribution in [2.75, 3.05) is 28.4 Å². The topological polar surface area (TPSA) is 46.2 Å². The molecule has 0 heterocycles. The van der Waals surface area contributed by atoms with Crippen LogP contribution in [0.25, 0.3) is 0 Å². The molecule has 0 bridgehead atoms. The third kappa shape index (κ3) is 4.05. The summed E-state index contributed by atoms with van der Waals surface area (Å²) in [7, 11) is 5.74. The summed E-state index contributed by atoms with van der Waals surface area (Å²) in [6.45, 7) is 1.15. The van der Waals surface area contributed by atoms with Crippen molar-refractivity contribution in [3.8, 4) is 17.2 Å². The van der Waals surface area contributed by atoms with Gasteiger partial charge in [0, 0.05) is 19.8 Å². The highest BCUT2D eigenvalue weighted by atomic mass is 19.3. The maximum Gasteiger partial charge on any atom is 0.307 e. The van der Waals surface area contributed by atoms with Gasteiger partial charge in [-0.3, -0.25) is 0 Å². The largest absolute Gasteiger partial charge is 0.493 e. The molecule has 0 N–H and O–H groups in total. The predicted molar refractivity (Wildman–Crippen MR) is 71.8 cm³/mol. The molecule has 0 amide bonds. The van der Waals surface area contributed by atoms with Crippen LogP contribution in [0.1, 0.15) is 18.8 Å². The summed E-state index contributed by atoms with van der Waals surface area (Å²) in [6.07, 6.45) is -2.56. The number of hydrogen-bond acceptors (Lipinski definition) is 5. The van der Waals surface area contributed by atoms with Crippen LogP contribution in [-0.2, 0) is 9.47 Å². The van der Waals surface area contributed by atoms with Crippen LogP contribution in [-0.4, -0.2) is 28.4 Å². The van der Waals surface area contributed by atoms with Crippen molar-refractivity contribution in [1.29, 1.82) is 0 Å². The van der Waals surface area contributed by atoms with E-state index in [0.717, 1.165) is 6.92 Å². The van der Waals surface area contributed by atoms with Crippen LogP contribution in [0.15, 0.2) is 24.0 Å². The highest BCUT2D eigenvalue weighted by Crippen LogP contribution is 2.41. The van der Waals surface area contributed by atoms with Crippen molar-refractivity contribution >= 4 is 0 Å². The first-order chi connectivity index (χ1) is 9.98. The number of hydrogen-bond donors (Lipinski definition) is 0. The predicted octanol–water partition coefficient (Wildman–Crippen LogP) is 3.50.